The third-order valence-corrected chi connectivity index (χ3v) is 13.1. The van der Waals surface area contributed by atoms with E-state index in [9.17, 15) is 14.4 Å². The van der Waals surface area contributed by atoms with E-state index in [0.29, 0.717) is 54.3 Å². The summed E-state index contributed by atoms with van der Waals surface area (Å²) in [4.78, 5) is 38.6. The van der Waals surface area contributed by atoms with Crippen molar-refractivity contribution in [1.29, 1.82) is 0 Å². The highest BCUT2D eigenvalue weighted by Crippen LogP contribution is 2.69. The number of hydrogen-bond acceptors (Lipinski definition) is 7. The summed E-state index contributed by atoms with van der Waals surface area (Å²) < 4.78 is 24.7. The van der Waals surface area contributed by atoms with Crippen molar-refractivity contribution in [3.05, 3.63) is 35.9 Å². The lowest BCUT2D eigenvalue weighted by Gasteiger charge is -2.64. The van der Waals surface area contributed by atoms with Crippen molar-refractivity contribution in [3.63, 3.8) is 0 Å². The van der Waals surface area contributed by atoms with Crippen LogP contribution in [0.1, 0.15) is 108 Å². The predicted molar refractivity (Wildman–Crippen MR) is 166 cm³/mol. The highest BCUT2D eigenvalue weighted by Gasteiger charge is 2.67. The van der Waals surface area contributed by atoms with Crippen molar-refractivity contribution in [3.8, 4) is 0 Å². The molecule has 4 aliphatic carbocycles. The molecule has 6 rings (SSSR count). The highest BCUT2D eigenvalue weighted by atomic mass is 16.7. The minimum Gasteiger partial charge on any atom is -0.469 e. The van der Waals surface area contributed by atoms with Crippen LogP contribution in [0.2, 0.25) is 0 Å². The van der Waals surface area contributed by atoms with Crippen LogP contribution >= 0.6 is 0 Å². The van der Waals surface area contributed by atoms with Crippen LogP contribution in [-0.4, -0.2) is 49.9 Å². The van der Waals surface area contributed by atoms with Gasteiger partial charge in [0.2, 0.25) is 0 Å². The van der Waals surface area contributed by atoms with Gasteiger partial charge in [0, 0.05) is 31.3 Å². The molecule has 5 fully saturated rings. The largest absolute Gasteiger partial charge is 0.469 e. The fourth-order valence-electron chi connectivity index (χ4n) is 10.6. The number of rotatable bonds is 8. The van der Waals surface area contributed by atoms with E-state index < -0.39 is 0 Å². The van der Waals surface area contributed by atoms with E-state index in [4.69, 9.17) is 18.9 Å². The van der Waals surface area contributed by atoms with Crippen LogP contribution in [0.5, 0.6) is 0 Å². The Balaban J connectivity index is 1.37. The van der Waals surface area contributed by atoms with Gasteiger partial charge in [-0.2, -0.15) is 0 Å². The van der Waals surface area contributed by atoms with Gasteiger partial charge >= 0.3 is 11.9 Å². The molecule has 0 spiro atoms. The molecule has 2 unspecified atom stereocenters. The average molecular weight is 609 g/mol. The van der Waals surface area contributed by atoms with Crippen LogP contribution in [0, 0.1) is 46.3 Å². The van der Waals surface area contributed by atoms with Gasteiger partial charge < -0.3 is 18.9 Å². The molecule has 1 aromatic carbocycles. The molecule has 0 bridgehead atoms. The number of methoxy groups -OCH3 is 1. The first-order valence-electron chi connectivity index (χ1n) is 17.3. The van der Waals surface area contributed by atoms with Crippen LogP contribution in [-0.2, 0) is 28.5 Å². The molecule has 242 valence electrons. The van der Waals surface area contributed by atoms with E-state index in [2.05, 4.69) is 20.8 Å². The summed E-state index contributed by atoms with van der Waals surface area (Å²) in [7, 11) is 1.45. The minimum absolute atomic E-state index is 0.000814. The van der Waals surface area contributed by atoms with Gasteiger partial charge in [0.05, 0.1) is 18.8 Å². The number of Topliss-reactive ketones (excluding diaryl/α,β-unsaturated/α-hetero) is 1. The predicted octanol–water partition coefficient (Wildman–Crippen LogP) is 7.16. The number of ether oxygens (including phenoxy) is 4. The summed E-state index contributed by atoms with van der Waals surface area (Å²) in [5.74, 6) is 1.69. The molecular formula is C37H52O7. The summed E-state index contributed by atoms with van der Waals surface area (Å²) in [6.07, 6.45) is 9.76. The van der Waals surface area contributed by atoms with E-state index >= 15 is 0 Å². The van der Waals surface area contributed by atoms with E-state index in [0.717, 1.165) is 64.4 Å². The van der Waals surface area contributed by atoms with Crippen LogP contribution < -0.4 is 0 Å². The molecule has 1 heterocycles. The molecule has 7 heteroatoms. The molecule has 44 heavy (non-hydrogen) atoms. The van der Waals surface area contributed by atoms with Crippen LogP contribution in [0.25, 0.3) is 0 Å². The molecule has 1 saturated heterocycles. The topological polar surface area (TPSA) is 88.1 Å². The Morgan fingerprint density at radius 3 is 2.57 bits per heavy atom. The molecule has 0 amide bonds. The van der Waals surface area contributed by atoms with Gasteiger partial charge in [-0.3, -0.25) is 9.59 Å². The Labute approximate surface area is 263 Å². The zero-order valence-electron chi connectivity index (χ0n) is 27.1. The minimum atomic E-state index is -0.262. The number of carbonyl (C=O) groups excluding carboxylic acids is 3. The third kappa shape index (κ3) is 5.77. The smallest absolute Gasteiger partial charge is 0.338 e. The monoisotopic (exact) mass is 608 g/mol. The van der Waals surface area contributed by atoms with Crippen molar-refractivity contribution in [1.82, 2.24) is 0 Å². The molecule has 4 saturated carbocycles. The van der Waals surface area contributed by atoms with Crippen molar-refractivity contribution in [2.75, 3.05) is 13.7 Å². The third-order valence-electron chi connectivity index (χ3n) is 13.1. The molecule has 0 radical (unpaired) electrons. The van der Waals surface area contributed by atoms with Gasteiger partial charge in [-0.25, -0.2) is 4.79 Å². The fraction of sp³-hybridized carbons (Fsp3) is 0.757. The molecule has 5 aliphatic rings. The van der Waals surface area contributed by atoms with E-state index in [1.54, 1.807) is 0 Å². The summed E-state index contributed by atoms with van der Waals surface area (Å²) >= 11 is 0. The Morgan fingerprint density at radius 1 is 1.05 bits per heavy atom. The molecular weight excluding hydrogens is 556 g/mol. The lowest BCUT2D eigenvalue weighted by Crippen LogP contribution is -2.63. The normalized spacial score (nSPS) is 40.7. The fourth-order valence-corrected chi connectivity index (χ4v) is 10.6. The Hall–Kier alpha value is -2.25. The quantitative estimate of drug-likeness (QED) is 0.229. The van der Waals surface area contributed by atoms with E-state index in [1.807, 2.05) is 30.3 Å². The first kappa shape index (κ1) is 31.7. The zero-order chi connectivity index (χ0) is 31.1. The van der Waals surface area contributed by atoms with Gasteiger partial charge in [-0.05, 0) is 111 Å². The van der Waals surface area contributed by atoms with Crippen LogP contribution in [0.15, 0.2) is 30.3 Å². The van der Waals surface area contributed by atoms with Crippen LogP contribution in [0.4, 0.5) is 0 Å². The molecule has 1 aliphatic heterocycles. The van der Waals surface area contributed by atoms with E-state index in [-0.39, 0.29) is 53.1 Å². The molecule has 1 aromatic rings. The zero-order valence-corrected chi connectivity index (χ0v) is 27.1. The number of fused-ring (bicyclic) bond motifs is 5. The molecule has 0 aromatic heterocycles. The van der Waals surface area contributed by atoms with Crippen molar-refractivity contribution >= 4 is 17.7 Å². The summed E-state index contributed by atoms with van der Waals surface area (Å²) in [6.45, 7) is 7.79. The van der Waals surface area contributed by atoms with Gasteiger partial charge in [-0.15, -0.1) is 0 Å². The second-order valence-electron chi connectivity index (χ2n) is 15.1. The number of benzene rings is 1. The van der Waals surface area contributed by atoms with Gasteiger partial charge in [0.25, 0.3) is 0 Å². The molecule has 11 atom stereocenters. The Kier molecular flexibility index (Phi) is 9.27. The maximum atomic E-state index is 13.7. The maximum absolute atomic E-state index is 13.7. The van der Waals surface area contributed by atoms with Crippen molar-refractivity contribution < 1.29 is 33.3 Å². The first-order valence-corrected chi connectivity index (χ1v) is 17.3. The van der Waals surface area contributed by atoms with Gasteiger partial charge in [0.15, 0.2) is 6.29 Å². The lowest BCUT2D eigenvalue weighted by atomic mass is 9.43. The van der Waals surface area contributed by atoms with E-state index in [1.165, 1.54) is 7.11 Å². The Bertz CT molecular complexity index is 1190. The summed E-state index contributed by atoms with van der Waals surface area (Å²) in [5, 5.41) is 0. The number of esters is 2. The standard InChI is InChI=1S/C37H52O7/c1-23(13-16-32(39)41-4)27-14-15-28-34-29(22-31(37(27,28)3)44-35(40)24-10-6-5-7-11-24)36(2)18-17-26(38)20-25(36)21-30(34)43-33-12-8-9-19-42-33/h5-7,10-11,23,25,27-31,33-34H,8-9,12-22H2,1-4H3/t23?,25-,27+,28-,29-,30+,31-,33?,34-,36-,37+/m0/s1. The number of carbonyl (C=O) groups is 3. The average Bonchev–Trinajstić information content (AvgIpc) is 3.39. The SMILES string of the molecule is COC(=O)CCC(C)[C@H]1CC[C@H]2[C@@H]3[C@H](OC4CCCCO4)C[C@@H]4CC(=O)CC[C@]4(C)[C@H]3C[C@H](OC(=O)c3ccccc3)[C@]12C. The molecule has 0 N–H and O–H groups in total. The molecule has 7 nitrogen and oxygen atoms in total. The summed E-state index contributed by atoms with van der Waals surface area (Å²) in [5.41, 5.74) is 0.318. The summed E-state index contributed by atoms with van der Waals surface area (Å²) in [6, 6.07) is 9.34. The second kappa shape index (κ2) is 12.9. The second-order valence-corrected chi connectivity index (χ2v) is 15.1. The number of hydrogen-bond donors (Lipinski definition) is 0. The maximum Gasteiger partial charge on any atom is 0.338 e. The van der Waals surface area contributed by atoms with Crippen molar-refractivity contribution in [2.24, 2.45) is 46.3 Å². The van der Waals surface area contributed by atoms with Crippen molar-refractivity contribution in [2.45, 2.75) is 116 Å². The number of ketones is 1. The lowest BCUT2D eigenvalue weighted by molar-refractivity contribution is -0.258. The first-order chi connectivity index (χ1) is 21.1. The van der Waals surface area contributed by atoms with Gasteiger partial charge in [0.1, 0.15) is 11.9 Å². The highest BCUT2D eigenvalue weighted by molar-refractivity contribution is 5.89. The van der Waals surface area contributed by atoms with Crippen LogP contribution in [0.3, 0.4) is 0 Å². The van der Waals surface area contributed by atoms with Gasteiger partial charge in [-0.1, -0.05) is 39.0 Å². The Morgan fingerprint density at radius 2 is 1.84 bits per heavy atom.